The third-order valence-corrected chi connectivity index (χ3v) is 4.30. The molecule has 1 unspecified atom stereocenters. The number of rotatable bonds is 7. The Hall–Kier alpha value is -1.42. The van der Waals surface area contributed by atoms with Crippen molar-refractivity contribution in [1.82, 2.24) is 9.80 Å². The molecule has 0 spiro atoms. The van der Waals surface area contributed by atoms with Crippen LogP contribution in [0, 0.1) is 5.82 Å². The number of benzene rings is 1. The van der Waals surface area contributed by atoms with Crippen molar-refractivity contribution in [1.29, 1.82) is 0 Å². The molecule has 4 heteroatoms. The van der Waals surface area contributed by atoms with Gasteiger partial charge >= 0.3 is 0 Å². The molecule has 0 saturated carbocycles. The Morgan fingerprint density at radius 1 is 1.23 bits per heavy atom. The first kappa shape index (κ1) is 16.9. The van der Waals surface area contributed by atoms with Crippen molar-refractivity contribution in [3.8, 4) is 0 Å². The number of likely N-dealkylation sites (tertiary alicyclic amines) is 1. The van der Waals surface area contributed by atoms with E-state index in [1.165, 1.54) is 12.1 Å². The first-order chi connectivity index (χ1) is 10.7. The molecule has 0 aromatic heterocycles. The van der Waals surface area contributed by atoms with E-state index in [0.717, 1.165) is 50.9 Å². The highest BCUT2D eigenvalue weighted by molar-refractivity contribution is 5.78. The topological polar surface area (TPSA) is 23.6 Å². The molecule has 1 aliphatic heterocycles. The van der Waals surface area contributed by atoms with Gasteiger partial charge in [-0.2, -0.15) is 0 Å². The molecule has 1 fully saturated rings. The summed E-state index contributed by atoms with van der Waals surface area (Å²) in [5.41, 5.74) is 1.12. The van der Waals surface area contributed by atoms with Crippen molar-refractivity contribution in [2.24, 2.45) is 0 Å². The van der Waals surface area contributed by atoms with E-state index in [1.54, 1.807) is 0 Å². The largest absolute Gasteiger partial charge is 0.342 e. The predicted octanol–water partition coefficient (Wildman–Crippen LogP) is 3.61. The lowest BCUT2D eigenvalue weighted by molar-refractivity contribution is -0.132. The van der Waals surface area contributed by atoms with E-state index in [0.29, 0.717) is 6.54 Å². The Balaban J connectivity index is 2.01. The minimum absolute atomic E-state index is 0.207. The molecule has 1 saturated heterocycles. The summed E-state index contributed by atoms with van der Waals surface area (Å²) in [5, 5.41) is 0. The Labute approximate surface area is 133 Å². The molecule has 0 N–H and O–H groups in total. The summed E-state index contributed by atoms with van der Waals surface area (Å²) in [6, 6.07) is 6.95. The van der Waals surface area contributed by atoms with Crippen molar-refractivity contribution in [3.63, 3.8) is 0 Å². The van der Waals surface area contributed by atoms with Gasteiger partial charge in [-0.1, -0.05) is 26.0 Å². The van der Waals surface area contributed by atoms with Crippen LogP contribution in [0.2, 0.25) is 0 Å². The molecule has 3 nitrogen and oxygen atoms in total. The zero-order valence-electron chi connectivity index (χ0n) is 13.7. The second-order valence-corrected chi connectivity index (χ2v) is 6.06. The van der Waals surface area contributed by atoms with E-state index >= 15 is 0 Å². The Bertz CT molecular complexity index is 468. The number of carbonyl (C=O) groups is 1. The van der Waals surface area contributed by atoms with Crippen LogP contribution >= 0.6 is 0 Å². The first-order valence-electron chi connectivity index (χ1n) is 8.43. The maximum Gasteiger partial charge on any atom is 0.236 e. The second kappa shape index (κ2) is 8.28. The molecule has 1 heterocycles. The average molecular weight is 306 g/mol. The summed E-state index contributed by atoms with van der Waals surface area (Å²) < 4.78 is 13.1. The Morgan fingerprint density at radius 3 is 2.45 bits per heavy atom. The molecule has 122 valence electrons. The summed E-state index contributed by atoms with van der Waals surface area (Å²) in [6.07, 6.45) is 4.12. The highest BCUT2D eigenvalue weighted by atomic mass is 19.1. The highest BCUT2D eigenvalue weighted by Gasteiger charge is 2.28. The van der Waals surface area contributed by atoms with E-state index in [-0.39, 0.29) is 17.8 Å². The molecular weight excluding hydrogens is 279 g/mol. The highest BCUT2D eigenvalue weighted by Crippen LogP contribution is 2.31. The van der Waals surface area contributed by atoms with E-state index in [9.17, 15) is 9.18 Å². The van der Waals surface area contributed by atoms with Crippen molar-refractivity contribution < 1.29 is 9.18 Å². The van der Waals surface area contributed by atoms with Crippen LogP contribution in [0.5, 0.6) is 0 Å². The average Bonchev–Trinajstić information content (AvgIpc) is 2.96. The monoisotopic (exact) mass is 306 g/mol. The van der Waals surface area contributed by atoms with E-state index in [4.69, 9.17) is 0 Å². The number of hydrogen-bond donors (Lipinski definition) is 0. The minimum Gasteiger partial charge on any atom is -0.342 e. The third kappa shape index (κ3) is 4.29. The number of halogens is 1. The van der Waals surface area contributed by atoms with Crippen LogP contribution in [0.25, 0.3) is 0 Å². The molecular formula is C18H27FN2O. The molecule has 0 bridgehead atoms. The van der Waals surface area contributed by atoms with Crippen LogP contribution in [0.1, 0.15) is 51.1 Å². The van der Waals surface area contributed by atoms with E-state index in [2.05, 4.69) is 18.7 Å². The van der Waals surface area contributed by atoms with Gasteiger partial charge in [-0.3, -0.25) is 9.69 Å². The van der Waals surface area contributed by atoms with E-state index in [1.807, 2.05) is 17.0 Å². The number of nitrogens with zero attached hydrogens (tertiary/aromatic N) is 2. The maximum atomic E-state index is 13.1. The molecule has 22 heavy (non-hydrogen) atoms. The maximum absolute atomic E-state index is 13.1. The van der Waals surface area contributed by atoms with Crippen molar-refractivity contribution in [2.45, 2.75) is 45.6 Å². The van der Waals surface area contributed by atoms with Gasteiger partial charge in [0.15, 0.2) is 0 Å². The number of hydrogen-bond acceptors (Lipinski definition) is 2. The molecule has 0 aliphatic carbocycles. The number of amides is 1. The first-order valence-corrected chi connectivity index (χ1v) is 8.43. The molecule has 1 atom stereocenters. The van der Waals surface area contributed by atoms with Gasteiger partial charge in [0.25, 0.3) is 0 Å². The van der Waals surface area contributed by atoms with Crippen LogP contribution in [0.4, 0.5) is 4.39 Å². The van der Waals surface area contributed by atoms with Gasteiger partial charge in [-0.15, -0.1) is 0 Å². The molecule has 1 amide bonds. The second-order valence-electron chi connectivity index (χ2n) is 6.06. The molecule has 1 aromatic carbocycles. The fraction of sp³-hybridized carbons (Fsp3) is 0.611. The van der Waals surface area contributed by atoms with Gasteiger partial charge in [0.1, 0.15) is 5.82 Å². The molecule has 1 aromatic rings. The lowest BCUT2D eigenvalue weighted by Crippen LogP contribution is -2.41. The van der Waals surface area contributed by atoms with Crippen LogP contribution in [0.15, 0.2) is 24.3 Å². The van der Waals surface area contributed by atoms with Crippen molar-refractivity contribution in [3.05, 3.63) is 35.6 Å². The van der Waals surface area contributed by atoms with Gasteiger partial charge in [-0.05, 0) is 49.9 Å². The van der Waals surface area contributed by atoms with Crippen LogP contribution in [0.3, 0.4) is 0 Å². The smallest absolute Gasteiger partial charge is 0.236 e. The fourth-order valence-corrected chi connectivity index (χ4v) is 3.25. The molecule has 1 aliphatic rings. The predicted molar refractivity (Wildman–Crippen MR) is 87.1 cm³/mol. The quantitative estimate of drug-likeness (QED) is 0.768. The third-order valence-electron chi connectivity index (χ3n) is 4.30. The Morgan fingerprint density at radius 2 is 1.86 bits per heavy atom. The van der Waals surface area contributed by atoms with Crippen molar-refractivity contribution in [2.75, 3.05) is 26.2 Å². The Kier molecular flexibility index (Phi) is 6.37. The molecule has 0 radical (unpaired) electrons. The van der Waals surface area contributed by atoms with E-state index < -0.39 is 0 Å². The van der Waals surface area contributed by atoms with Gasteiger partial charge in [0.2, 0.25) is 5.91 Å². The summed E-state index contributed by atoms with van der Waals surface area (Å²) >= 11 is 0. The normalized spacial score (nSPS) is 18.6. The van der Waals surface area contributed by atoms with Gasteiger partial charge in [0, 0.05) is 19.1 Å². The van der Waals surface area contributed by atoms with Crippen LogP contribution < -0.4 is 0 Å². The summed E-state index contributed by atoms with van der Waals surface area (Å²) in [4.78, 5) is 16.8. The van der Waals surface area contributed by atoms with Crippen LogP contribution in [-0.2, 0) is 4.79 Å². The summed E-state index contributed by atoms with van der Waals surface area (Å²) in [7, 11) is 0. The SMILES string of the molecule is CCCN(CCC)C(=O)CN1CCCC1c1ccc(F)cc1. The summed E-state index contributed by atoms with van der Waals surface area (Å²) in [5.74, 6) is 0.0131. The molecule has 2 rings (SSSR count). The zero-order valence-corrected chi connectivity index (χ0v) is 13.7. The van der Waals surface area contributed by atoms with Gasteiger partial charge in [0.05, 0.1) is 6.54 Å². The van der Waals surface area contributed by atoms with Gasteiger partial charge < -0.3 is 4.90 Å². The zero-order chi connectivity index (χ0) is 15.9. The minimum atomic E-state index is -0.207. The summed E-state index contributed by atoms with van der Waals surface area (Å²) in [6.45, 7) is 7.30. The lowest BCUT2D eigenvalue weighted by atomic mass is 10.0. The van der Waals surface area contributed by atoms with Gasteiger partial charge in [-0.25, -0.2) is 4.39 Å². The van der Waals surface area contributed by atoms with Crippen molar-refractivity contribution >= 4 is 5.91 Å². The lowest BCUT2D eigenvalue weighted by Gasteiger charge is -2.28. The van der Waals surface area contributed by atoms with Crippen LogP contribution in [-0.4, -0.2) is 41.9 Å². The fourth-order valence-electron chi connectivity index (χ4n) is 3.25. The standard InChI is InChI=1S/C18H27FN2O/c1-3-11-20(12-4-2)18(22)14-21-13-5-6-17(21)15-7-9-16(19)10-8-15/h7-10,17H,3-6,11-14H2,1-2H3. The number of carbonyl (C=O) groups excluding carboxylic acids is 1.